The molecule has 2 unspecified atom stereocenters. The number of hydrogen-bond donors (Lipinski definition) is 0. The number of carbonyl (C=O) groups is 1. The number of hydrogen-bond acceptors (Lipinski definition) is 3. The fraction of sp³-hybridized carbons (Fsp3) is 0.400. The number of aldehydes is 1. The highest BCUT2D eigenvalue weighted by Crippen LogP contribution is 2.57. The van der Waals surface area contributed by atoms with Crippen LogP contribution in [0.1, 0.15) is 0 Å². The molecule has 0 N–H and O–H groups in total. The normalized spacial score (nSPS) is 52.1. The zero-order valence-electron chi connectivity index (χ0n) is 4.33. The predicted molar refractivity (Wildman–Crippen MR) is 31.8 cm³/mol. The van der Waals surface area contributed by atoms with Crippen LogP contribution in [0.2, 0.25) is 0 Å². The SMILES string of the molecule is O=CC12OC=CC1(Br)O2. The van der Waals surface area contributed by atoms with E-state index in [0.717, 1.165) is 0 Å². The quantitative estimate of drug-likeness (QED) is 0.345. The van der Waals surface area contributed by atoms with Crippen LogP contribution in [0, 0.1) is 0 Å². The van der Waals surface area contributed by atoms with E-state index in [1.165, 1.54) is 6.26 Å². The largest absolute Gasteiger partial charge is 0.459 e. The second kappa shape index (κ2) is 1.22. The summed E-state index contributed by atoms with van der Waals surface area (Å²) >= 11 is 3.17. The van der Waals surface area contributed by atoms with Crippen molar-refractivity contribution in [1.29, 1.82) is 0 Å². The molecule has 48 valence electrons. The zero-order chi connectivity index (χ0) is 6.54. The van der Waals surface area contributed by atoms with E-state index < -0.39 is 10.3 Å². The van der Waals surface area contributed by atoms with Gasteiger partial charge in [-0.15, -0.1) is 0 Å². The van der Waals surface area contributed by atoms with E-state index in [0.29, 0.717) is 6.29 Å². The molecule has 2 atom stereocenters. The summed E-state index contributed by atoms with van der Waals surface area (Å²) in [4.78, 5) is 10.3. The summed E-state index contributed by atoms with van der Waals surface area (Å²) in [5, 5.41) is 0. The topological polar surface area (TPSA) is 38.8 Å². The number of fused-ring (bicyclic) bond motifs is 1. The average Bonchev–Trinajstić information content (AvgIpc) is 2.29. The van der Waals surface area contributed by atoms with E-state index >= 15 is 0 Å². The minimum absolute atomic E-state index is 0.641. The van der Waals surface area contributed by atoms with Gasteiger partial charge in [0.15, 0.2) is 6.29 Å². The molecule has 0 aromatic rings. The Morgan fingerprint density at radius 2 is 2.44 bits per heavy atom. The highest BCUT2D eigenvalue weighted by atomic mass is 79.9. The Kier molecular flexibility index (Phi) is 0.737. The molecule has 2 rings (SSSR count). The first-order chi connectivity index (χ1) is 4.22. The Morgan fingerprint density at radius 3 is 2.67 bits per heavy atom. The molecule has 1 fully saturated rings. The summed E-state index contributed by atoms with van der Waals surface area (Å²) in [6.45, 7) is 0. The van der Waals surface area contributed by atoms with Gasteiger partial charge in [-0.2, -0.15) is 0 Å². The summed E-state index contributed by atoms with van der Waals surface area (Å²) < 4.78 is 9.11. The van der Waals surface area contributed by atoms with Gasteiger partial charge in [0.25, 0.3) is 0 Å². The molecule has 0 bridgehead atoms. The molecule has 2 aliphatic rings. The maximum atomic E-state index is 10.3. The number of rotatable bonds is 1. The Hall–Kier alpha value is -0.350. The van der Waals surface area contributed by atoms with E-state index in [1.54, 1.807) is 6.08 Å². The van der Waals surface area contributed by atoms with Gasteiger partial charge in [0, 0.05) is 6.08 Å². The van der Waals surface area contributed by atoms with Crippen LogP contribution >= 0.6 is 15.9 Å². The van der Waals surface area contributed by atoms with Crippen LogP contribution in [0.3, 0.4) is 0 Å². The second-order valence-corrected chi connectivity index (χ2v) is 3.13. The fourth-order valence-electron chi connectivity index (χ4n) is 0.805. The van der Waals surface area contributed by atoms with Crippen molar-refractivity contribution in [3.8, 4) is 0 Å². The van der Waals surface area contributed by atoms with Crippen molar-refractivity contribution in [1.82, 2.24) is 0 Å². The molecule has 0 saturated carbocycles. The molecule has 4 heteroatoms. The van der Waals surface area contributed by atoms with Crippen LogP contribution in [-0.2, 0) is 14.3 Å². The lowest BCUT2D eigenvalue weighted by Crippen LogP contribution is -2.18. The van der Waals surface area contributed by atoms with Crippen molar-refractivity contribution in [3.05, 3.63) is 12.3 Å². The van der Waals surface area contributed by atoms with Crippen LogP contribution in [0.5, 0.6) is 0 Å². The van der Waals surface area contributed by atoms with Crippen LogP contribution in [0.25, 0.3) is 0 Å². The minimum atomic E-state index is -1.03. The van der Waals surface area contributed by atoms with Crippen molar-refractivity contribution in [2.45, 2.75) is 10.3 Å². The molecule has 0 aromatic carbocycles. The van der Waals surface area contributed by atoms with Gasteiger partial charge in [0.1, 0.15) is 0 Å². The van der Waals surface area contributed by atoms with Gasteiger partial charge in [-0.25, -0.2) is 0 Å². The molecule has 2 heterocycles. The summed E-state index contributed by atoms with van der Waals surface area (Å²) in [6.07, 6.45) is 3.75. The predicted octanol–water partition coefficient (Wildman–Crippen LogP) is 0.547. The van der Waals surface area contributed by atoms with E-state index in [-0.39, 0.29) is 0 Å². The van der Waals surface area contributed by atoms with Gasteiger partial charge in [-0.1, -0.05) is 0 Å². The molecular weight excluding hydrogens is 188 g/mol. The van der Waals surface area contributed by atoms with Crippen molar-refractivity contribution in [2.75, 3.05) is 0 Å². The van der Waals surface area contributed by atoms with Gasteiger partial charge in [0.2, 0.25) is 4.51 Å². The van der Waals surface area contributed by atoms with Crippen LogP contribution in [0.4, 0.5) is 0 Å². The summed E-state index contributed by atoms with van der Waals surface area (Å²) in [7, 11) is 0. The maximum Gasteiger partial charge on any atom is 0.312 e. The molecule has 0 aliphatic carbocycles. The van der Waals surface area contributed by atoms with E-state index in [9.17, 15) is 4.79 Å². The lowest BCUT2D eigenvalue weighted by atomic mass is 10.3. The first kappa shape index (κ1) is 5.44. The third-order valence-corrected chi connectivity index (χ3v) is 2.39. The van der Waals surface area contributed by atoms with Gasteiger partial charge in [0.05, 0.1) is 6.26 Å². The third kappa shape index (κ3) is 0.437. The highest BCUT2D eigenvalue weighted by Gasteiger charge is 2.74. The molecule has 0 radical (unpaired) electrons. The first-order valence-electron chi connectivity index (χ1n) is 2.43. The third-order valence-electron chi connectivity index (χ3n) is 1.41. The van der Waals surface area contributed by atoms with Gasteiger partial charge in [-0.05, 0) is 15.9 Å². The monoisotopic (exact) mass is 190 g/mol. The molecule has 0 amide bonds. The summed E-state index contributed by atoms with van der Waals surface area (Å²) in [6, 6.07) is 0. The maximum absolute atomic E-state index is 10.3. The minimum Gasteiger partial charge on any atom is -0.459 e. The molecule has 0 aromatic heterocycles. The van der Waals surface area contributed by atoms with Gasteiger partial charge < -0.3 is 9.47 Å². The highest BCUT2D eigenvalue weighted by molar-refractivity contribution is 9.10. The lowest BCUT2D eigenvalue weighted by molar-refractivity contribution is -0.123. The molecule has 3 nitrogen and oxygen atoms in total. The second-order valence-electron chi connectivity index (χ2n) is 1.95. The number of alkyl halides is 1. The number of epoxide rings is 1. The molecule has 0 spiro atoms. The van der Waals surface area contributed by atoms with Crippen molar-refractivity contribution in [3.63, 3.8) is 0 Å². The van der Waals surface area contributed by atoms with Gasteiger partial charge >= 0.3 is 5.79 Å². The fourth-order valence-corrected chi connectivity index (χ4v) is 1.34. The van der Waals surface area contributed by atoms with Crippen molar-refractivity contribution < 1.29 is 14.3 Å². The summed E-state index contributed by atoms with van der Waals surface area (Å²) in [5.74, 6) is -1.03. The average molecular weight is 191 g/mol. The lowest BCUT2D eigenvalue weighted by Gasteiger charge is -1.96. The Morgan fingerprint density at radius 1 is 1.67 bits per heavy atom. The molecule has 1 saturated heterocycles. The molecule has 9 heavy (non-hydrogen) atoms. The number of ether oxygens (including phenoxy) is 2. The van der Waals surface area contributed by atoms with Crippen LogP contribution < -0.4 is 0 Å². The molecular formula is C5H3BrO3. The van der Waals surface area contributed by atoms with Crippen molar-refractivity contribution in [2.24, 2.45) is 0 Å². The van der Waals surface area contributed by atoms with Gasteiger partial charge in [-0.3, -0.25) is 4.79 Å². The number of halogens is 1. The zero-order valence-corrected chi connectivity index (χ0v) is 5.92. The Balaban J connectivity index is 2.35. The molecule has 2 aliphatic heterocycles. The van der Waals surface area contributed by atoms with E-state index in [1.807, 2.05) is 0 Å². The summed E-state index contributed by atoms with van der Waals surface area (Å²) in [5.41, 5.74) is 0. The van der Waals surface area contributed by atoms with Crippen LogP contribution in [-0.4, -0.2) is 16.6 Å². The smallest absolute Gasteiger partial charge is 0.312 e. The standard InChI is InChI=1S/C5H3BrO3/c6-4-1-2-8-5(4,3-7)9-4/h1-3H. The first-order valence-corrected chi connectivity index (χ1v) is 3.23. The van der Waals surface area contributed by atoms with E-state index in [4.69, 9.17) is 9.47 Å². The van der Waals surface area contributed by atoms with E-state index in [2.05, 4.69) is 15.9 Å². The Bertz CT molecular complexity index is 202. The number of carbonyl (C=O) groups excluding carboxylic acids is 1. The Labute approximate surface area is 59.8 Å². The van der Waals surface area contributed by atoms with Crippen molar-refractivity contribution >= 4 is 22.2 Å². The van der Waals surface area contributed by atoms with Crippen LogP contribution in [0.15, 0.2) is 12.3 Å².